The van der Waals surface area contributed by atoms with E-state index in [0.717, 1.165) is 68.3 Å². The highest BCUT2D eigenvalue weighted by Crippen LogP contribution is 2.27. The van der Waals surface area contributed by atoms with Gasteiger partial charge in [-0.15, -0.1) is 0 Å². The largest absolute Gasteiger partial charge is 0.493 e. The summed E-state index contributed by atoms with van der Waals surface area (Å²) in [5.41, 5.74) is 3.49. The minimum Gasteiger partial charge on any atom is -0.493 e. The molecule has 0 radical (unpaired) electrons. The third-order valence-corrected chi connectivity index (χ3v) is 7.38. The number of carboxylic acid groups (broad SMARTS) is 2. The van der Waals surface area contributed by atoms with Gasteiger partial charge in [0, 0.05) is 44.4 Å². The van der Waals surface area contributed by atoms with Crippen molar-refractivity contribution in [3.63, 3.8) is 0 Å². The fourth-order valence-electron chi connectivity index (χ4n) is 4.37. The van der Waals surface area contributed by atoms with Crippen LogP contribution >= 0.6 is 11.8 Å². The van der Waals surface area contributed by atoms with E-state index >= 15 is 0 Å². The Kier molecular flexibility index (Phi) is 14.3. The predicted molar refractivity (Wildman–Crippen MR) is 159 cm³/mol. The van der Waals surface area contributed by atoms with E-state index in [1.165, 1.54) is 17.2 Å². The number of benzene rings is 2. The van der Waals surface area contributed by atoms with Gasteiger partial charge >= 0.3 is 11.9 Å². The maximum Gasteiger partial charge on any atom is 0.328 e. The number of thioether (sulfide) groups is 1. The first-order valence-electron chi connectivity index (χ1n) is 13.4. The van der Waals surface area contributed by atoms with Crippen LogP contribution in [-0.2, 0) is 9.59 Å². The molecule has 1 heterocycles. The average Bonchev–Trinajstić information content (AvgIpc) is 2.94. The van der Waals surface area contributed by atoms with Crippen LogP contribution in [-0.4, -0.2) is 82.7 Å². The van der Waals surface area contributed by atoms with E-state index in [1.54, 1.807) is 11.8 Å². The number of unbranched alkanes of at least 4 members (excludes halogenated alkanes) is 1. The van der Waals surface area contributed by atoms with Gasteiger partial charge in [0.2, 0.25) is 0 Å². The summed E-state index contributed by atoms with van der Waals surface area (Å²) in [7, 11) is 2.17. The van der Waals surface area contributed by atoms with Crippen LogP contribution in [0.5, 0.6) is 5.75 Å². The number of rotatable bonds is 10. The molecule has 0 atom stereocenters. The monoisotopic (exact) mass is 591 g/mol. The number of hydrogen-bond donors (Lipinski definition) is 2. The lowest BCUT2D eigenvalue weighted by Gasteiger charge is -2.37. The van der Waals surface area contributed by atoms with Crippen LogP contribution in [0.4, 0.5) is 14.5 Å². The second kappa shape index (κ2) is 17.4. The number of para-hydroxylation sites is 1. The van der Waals surface area contributed by atoms with Crippen molar-refractivity contribution >= 4 is 34.6 Å². The van der Waals surface area contributed by atoms with Gasteiger partial charge in [0.05, 0.1) is 12.3 Å². The molecule has 1 saturated heterocycles. The Hall–Kier alpha value is -3.44. The van der Waals surface area contributed by atoms with Gasteiger partial charge in [-0.05, 0) is 75.6 Å². The molecule has 41 heavy (non-hydrogen) atoms. The van der Waals surface area contributed by atoms with Crippen molar-refractivity contribution in [1.29, 1.82) is 0 Å². The maximum absolute atomic E-state index is 13.2. The highest BCUT2D eigenvalue weighted by Gasteiger charge is 2.24. The highest BCUT2D eigenvalue weighted by molar-refractivity contribution is 8.13. The quantitative estimate of drug-likeness (QED) is 0.152. The molecule has 1 aliphatic heterocycles. The first kappa shape index (κ1) is 33.8. The summed E-state index contributed by atoms with van der Waals surface area (Å²) in [6.07, 6.45) is 7.36. The van der Waals surface area contributed by atoms with Gasteiger partial charge in [0.15, 0.2) is 16.8 Å². The van der Waals surface area contributed by atoms with Crippen molar-refractivity contribution in [2.45, 2.75) is 45.6 Å². The van der Waals surface area contributed by atoms with Crippen LogP contribution < -0.4 is 4.74 Å². The Bertz CT molecular complexity index is 1180. The Morgan fingerprint density at radius 2 is 1.66 bits per heavy atom. The molecule has 0 aromatic heterocycles. The van der Waals surface area contributed by atoms with Crippen molar-refractivity contribution in [1.82, 2.24) is 9.80 Å². The molecular formula is C30H39F2N3O5S. The Balaban J connectivity index is 0.000000642. The minimum absolute atomic E-state index is 0.380. The van der Waals surface area contributed by atoms with Crippen LogP contribution in [0.3, 0.4) is 0 Å². The predicted octanol–water partition coefficient (Wildman–Crippen LogP) is 5.90. The van der Waals surface area contributed by atoms with E-state index in [-0.39, 0.29) is 0 Å². The molecule has 0 aliphatic carbocycles. The van der Waals surface area contributed by atoms with Gasteiger partial charge < -0.3 is 24.7 Å². The van der Waals surface area contributed by atoms with Crippen LogP contribution in [0.1, 0.15) is 36.8 Å². The first-order chi connectivity index (χ1) is 19.5. The summed E-state index contributed by atoms with van der Waals surface area (Å²) in [6, 6.07) is 10.5. The van der Waals surface area contributed by atoms with E-state index in [1.807, 2.05) is 0 Å². The van der Waals surface area contributed by atoms with E-state index in [9.17, 15) is 18.4 Å². The zero-order valence-corrected chi connectivity index (χ0v) is 24.8. The van der Waals surface area contributed by atoms with Crippen LogP contribution in [0.15, 0.2) is 53.5 Å². The molecule has 2 aromatic carbocycles. The van der Waals surface area contributed by atoms with E-state index in [4.69, 9.17) is 19.9 Å². The maximum atomic E-state index is 13.2. The number of aryl methyl sites for hydroxylation is 2. The molecule has 11 heteroatoms. The fraction of sp³-hybridized carbons (Fsp3) is 0.433. The lowest BCUT2D eigenvalue weighted by molar-refractivity contribution is -0.134. The zero-order valence-electron chi connectivity index (χ0n) is 24.0. The smallest absolute Gasteiger partial charge is 0.328 e. The molecule has 224 valence electrons. The van der Waals surface area contributed by atoms with Gasteiger partial charge in [0.25, 0.3) is 0 Å². The van der Waals surface area contributed by atoms with Crippen molar-refractivity contribution in [3.05, 3.63) is 71.3 Å². The molecule has 3 rings (SSSR count). The number of nitrogens with zero attached hydrogens (tertiary/aromatic N) is 3. The minimum atomic E-state index is -1.26. The zero-order chi connectivity index (χ0) is 30.4. The molecular weight excluding hydrogens is 552 g/mol. The second-order valence-electron chi connectivity index (χ2n) is 9.66. The molecule has 2 aromatic rings. The molecule has 2 N–H and O–H groups in total. The summed E-state index contributed by atoms with van der Waals surface area (Å²) in [5, 5.41) is 16.7. The molecule has 0 unspecified atom stereocenters. The third-order valence-electron chi connectivity index (χ3n) is 6.63. The summed E-state index contributed by atoms with van der Waals surface area (Å²) in [4.78, 5) is 29.0. The van der Waals surface area contributed by atoms with Gasteiger partial charge in [-0.2, -0.15) is 0 Å². The molecule has 0 saturated carbocycles. The Morgan fingerprint density at radius 3 is 2.20 bits per heavy atom. The van der Waals surface area contributed by atoms with E-state index in [2.05, 4.69) is 55.1 Å². The van der Waals surface area contributed by atoms with Gasteiger partial charge in [-0.1, -0.05) is 30.0 Å². The topological polar surface area (TPSA) is 103 Å². The average molecular weight is 592 g/mol. The normalized spacial score (nSPS) is 14.4. The number of hydrogen-bond acceptors (Lipinski definition) is 6. The molecule has 0 bridgehead atoms. The standard InChI is InChI=1S/C26H35F2N3OS.C4H4O4/c1-19-8-7-9-20(2)25(19)29-26(33-4)30(3)21-12-15-31(16-13-21)14-5-6-17-32-22-10-11-23(27)24(28)18-22;5-3(6)1-2-4(7)8/h7-11,18,21H,5-6,12-17H2,1-4H3;1-2H,(H,5,6)(H,7,8). The molecule has 1 fully saturated rings. The van der Waals surface area contributed by atoms with Crippen molar-refractivity contribution in [2.75, 3.05) is 39.5 Å². The second-order valence-corrected chi connectivity index (χ2v) is 10.4. The number of likely N-dealkylation sites (tertiary alicyclic amines) is 1. The molecule has 0 spiro atoms. The van der Waals surface area contributed by atoms with Crippen LogP contribution in [0.2, 0.25) is 0 Å². The molecule has 1 aliphatic rings. The van der Waals surface area contributed by atoms with Gasteiger partial charge in [-0.25, -0.2) is 23.4 Å². The summed E-state index contributed by atoms with van der Waals surface area (Å²) >= 11 is 1.71. The number of carboxylic acids is 2. The van der Waals surface area contributed by atoms with Crippen LogP contribution in [0, 0.1) is 25.5 Å². The number of amidine groups is 1. The number of halogens is 2. The Morgan fingerprint density at radius 1 is 1.05 bits per heavy atom. The first-order valence-corrected chi connectivity index (χ1v) is 14.6. The number of aliphatic carboxylic acids is 2. The molecule has 8 nitrogen and oxygen atoms in total. The SMILES string of the molecule is CSC(=Nc1c(C)cccc1C)N(C)C1CCN(CCCCOc2ccc(F)c(F)c2)CC1.O=C(O)C=CC(=O)O. The van der Waals surface area contributed by atoms with Crippen molar-refractivity contribution in [2.24, 2.45) is 4.99 Å². The number of ether oxygens (including phenoxy) is 1. The Labute approximate surface area is 244 Å². The third kappa shape index (κ3) is 11.9. The highest BCUT2D eigenvalue weighted by atomic mass is 32.2. The number of carbonyl (C=O) groups is 2. The van der Waals surface area contributed by atoms with Crippen molar-refractivity contribution in [3.8, 4) is 5.75 Å². The van der Waals surface area contributed by atoms with Crippen molar-refractivity contribution < 1.29 is 33.3 Å². The number of aliphatic imine (C=N–C) groups is 1. The summed E-state index contributed by atoms with van der Waals surface area (Å²) in [5.74, 6) is -3.86. The fourth-order valence-corrected chi connectivity index (χ4v) is 4.99. The van der Waals surface area contributed by atoms with E-state index < -0.39 is 23.6 Å². The van der Waals surface area contributed by atoms with Gasteiger partial charge in [0.1, 0.15) is 5.75 Å². The lowest BCUT2D eigenvalue weighted by Crippen LogP contribution is -2.45. The summed E-state index contributed by atoms with van der Waals surface area (Å²) < 4.78 is 31.7. The van der Waals surface area contributed by atoms with Gasteiger partial charge in [-0.3, -0.25) is 0 Å². The number of piperidine rings is 1. The van der Waals surface area contributed by atoms with E-state index in [0.29, 0.717) is 30.6 Å². The lowest BCUT2D eigenvalue weighted by atomic mass is 10.0. The summed E-state index contributed by atoms with van der Waals surface area (Å²) in [6.45, 7) is 7.92. The molecule has 0 amide bonds. The van der Waals surface area contributed by atoms with Crippen LogP contribution in [0.25, 0.3) is 0 Å².